The van der Waals surface area contributed by atoms with Gasteiger partial charge in [0.2, 0.25) is 5.91 Å². The average Bonchev–Trinajstić information content (AvgIpc) is 2.48. The normalized spacial score (nSPS) is 20.1. The maximum absolute atomic E-state index is 12.2. The van der Waals surface area contributed by atoms with Gasteiger partial charge in [-0.15, -0.1) is 0 Å². The van der Waals surface area contributed by atoms with E-state index in [1.165, 1.54) is 0 Å². The monoisotopic (exact) mass is 290 g/mol. The Morgan fingerprint density at radius 2 is 1.95 bits per heavy atom. The molecule has 1 saturated heterocycles. The molecule has 0 bridgehead atoms. The Morgan fingerprint density at radius 3 is 2.52 bits per heavy atom. The van der Waals surface area contributed by atoms with Crippen LogP contribution in [0.3, 0.4) is 0 Å². The van der Waals surface area contributed by atoms with Gasteiger partial charge in [-0.25, -0.2) is 0 Å². The van der Waals surface area contributed by atoms with Crippen molar-refractivity contribution in [3.63, 3.8) is 0 Å². The second kappa shape index (κ2) is 7.46. The Morgan fingerprint density at radius 1 is 1.24 bits per heavy atom. The number of piperidine rings is 1. The van der Waals surface area contributed by atoms with Crippen LogP contribution in [0.15, 0.2) is 24.3 Å². The van der Waals surface area contributed by atoms with Gasteiger partial charge >= 0.3 is 0 Å². The van der Waals surface area contributed by atoms with E-state index in [0.717, 1.165) is 37.1 Å². The summed E-state index contributed by atoms with van der Waals surface area (Å²) in [6.45, 7) is 6.97. The summed E-state index contributed by atoms with van der Waals surface area (Å²) in [7, 11) is 0. The molecular weight excluding hydrogens is 264 g/mol. The minimum Gasteiger partial charge on any atom is -0.491 e. The van der Waals surface area contributed by atoms with Crippen molar-refractivity contribution in [1.29, 1.82) is 0 Å². The molecule has 4 nitrogen and oxygen atoms in total. The summed E-state index contributed by atoms with van der Waals surface area (Å²) in [5.41, 5.74) is 1.09. The molecule has 116 valence electrons. The molecule has 0 aliphatic carbocycles. The van der Waals surface area contributed by atoms with Crippen LogP contribution >= 0.6 is 0 Å². The Balaban J connectivity index is 1.90. The largest absolute Gasteiger partial charge is 0.491 e. The van der Waals surface area contributed by atoms with Crippen molar-refractivity contribution in [3.05, 3.63) is 29.8 Å². The smallest absolute Gasteiger partial charge is 0.237 e. The van der Waals surface area contributed by atoms with Crippen LogP contribution in [0.2, 0.25) is 0 Å². The summed E-state index contributed by atoms with van der Waals surface area (Å²) in [6, 6.07) is 7.90. The number of hydrogen-bond donors (Lipinski definition) is 2. The molecule has 21 heavy (non-hydrogen) atoms. The summed E-state index contributed by atoms with van der Waals surface area (Å²) < 4.78 is 5.63. The molecule has 1 aromatic rings. The molecule has 0 saturated carbocycles. The molecule has 1 fully saturated rings. The first-order chi connectivity index (χ1) is 10.1. The molecule has 1 aliphatic rings. The number of carbonyl (C=O) groups is 1. The molecule has 1 amide bonds. The van der Waals surface area contributed by atoms with Gasteiger partial charge in [-0.3, -0.25) is 4.79 Å². The Kier molecular flexibility index (Phi) is 5.62. The van der Waals surface area contributed by atoms with Crippen molar-refractivity contribution in [2.45, 2.75) is 58.2 Å². The molecule has 0 aromatic heterocycles. The zero-order chi connectivity index (χ0) is 15.2. The Hall–Kier alpha value is -1.55. The molecule has 1 heterocycles. The number of amides is 1. The van der Waals surface area contributed by atoms with Crippen LogP contribution in [-0.2, 0) is 4.79 Å². The van der Waals surface area contributed by atoms with Crippen molar-refractivity contribution >= 4 is 5.91 Å². The SMILES string of the molecule is CC(C)Oc1ccc(C(C)NC(=O)[C@H]2CCCCN2)cc1. The first kappa shape index (κ1) is 15.8. The van der Waals surface area contributed by atoms with Crippen molar-refractivity contribution < 1.29 is 9.53 Å². The Labute approximate surface area is 127 Å². The molecule has 2 atom stereocenters. The van der Waals surface area contributed by atoms with Crippen molar-refractivity contribution in [2.24, 2.45) is 0 Å². The van der Waals surface area contributed by atoms with E-state index in [-0.39, 0.29) is 24.1 Å². The van der Waals surface area contributed by atoms with E-state index in [9.17, 15) is 4.79 Å². The van der Waals surface area contributed by atoms with Gasteiger partial charge in [0.15, 0.2) is 0 Å². The topological polar surface area (TPSA) is 50.4 Å². The van der Waals surface area contributed by atoms with Gasteiger partial charge in [0.1, 0.15) is 5.75 Å². The van der Waals surface area contributed by atoms with Crippen LogP contribution in [0.25, 0.3) is 0 Å². The minimum absolute atomic E-state index is 0.00864. The summed E-state index contributed by atoms with van der Waals surface area (Å²) in [6.07, 6.45) is 3.39. The van der Waals surface area contributed by atoms with Crippen molar-refractivity contribution in [1.82, 2.24) is 10.6 Å². The minimum atomic E-state index is -0.0373. The molecule has 1 unspecified atom stereocenters. The van der Waals surface area contributed by atoms with E-state index in [0.29, 0.717) is 0 Å². The lowest BCUT2D eigenvalue weighted by molar-refractivity contribution is -0.124. The molecule has 0 radical (unpaired) electrons. The van der Waals surface area contributed by atoms with Crippen LogP contribution < -0.4 is 15.4 Å². The summed E-state index contributed by atoms with van der Waals surface area (Å²) in [5.74, 6) is 0.964. The van der Waals surface area contributed by atoms with E-state index in [2.05, 4.69) is 10.6 Å². The van der Waals surface area contributed by atoms with Gasteiger partial charge in [-0.1, -0.05) is 18.6 Å². The lowest BCUT2D eigenvalue weighted by Gasteiger charge is -2.24. The van der Waals surface area contributed by atoms with Crippen molar-refractivity contribution in [3.8, 4) is 5.75 Å². The van der Waals surface area contributed by atoms with Gasteiger partial charge < -0.3 is 15.4 Å². The van der Waals surface area contributed by atoms with Gasteiger partial charge in [-0.05, 0) is 57.9 Å². The van der Waals surface area contributed by atoms with Crippen LogP contribution in [-0.4, -0.2) is 24.6 Å². The fraction of sp³-hybridized carbons (Fsp3) is 0.588. The second-order valence-corrected chi connectivity index (χ2v) is 5.97. The first-order valence-corrected chi connectivity index (χ1v) is 7.86. The molecular formula is C17H26N2O2. The van der Waals surface area contributed by atoms with Gasteiger partial charge in [0.25, 0.3) is 0 Å². The standard InChI is InChI=1S/C17H26N2O2/c1-12(2)21-15-9-7-14(8-10-15)13(3)19-17(20)16-6-4-5-11-18-16/h7-10,12-13,16,18H,4-6,11H2,1-3H3,(H,19,20)/t13?,16-/m1/s1. The first-order valence-electron chi connectivity index (χ1n) is 7.86. The molecule has 4 heteroatoms. The third-order valence-corrected chi connectivity index (χ3v) is 3.74. The number of hydrogen-bond acceptors (Lipinski definition) is 3. The van der Waals surface area contributed by atoms with E-state index < -0.39 is 0 Å². The maximum Gasteiger partial charge on any atom is 0.237 e. The highest BCUT2D eigenvalue weighted by Gasteiger charge is 2.21. The number of ether oxygens (including phenoxy) is 1. The Bertz CT molecular complexity index is 450. The predicted octanol–water partition coefficient (Wildman–Crippen LogP) is 2.79. The molecule has 1 aromatic carbocycles. The summed E-state index contributed by atoms with van der Waals surface area (Å²) in [4.78, 5) is 12.2. The van der Waals surface area contributed by atoms with E-state index in [4.69, 9.17) is 4.74 Å². The highest BCUT2D eigenvalue weighted by atomic mass is 16.5. The second-order valence-electron chi connectivity index (χ2n) is 5.97. The van der Waals surface area contributed by atoms with Gasteiger partial charge in [-0.2, -0.15) is 0 Å². The zero-order valence-electron chi connectivity index (χ0n) is 13.2. The summed E-state index contributed by atoms with van der Waals surface area (Å²) >= 11 is 0. The molecule has 2 rings (SSSR count). The number of nitrogens with one attached hydrogen (secondary N) is 2. The lowest BCUT2D eigenvalue weighted by atomic mass is 10.0. The predicted molar refractivity (Wildman–Crippen MR) is 84.4 cm³/mol. The van der Waals surface area contributed by atoms with Crippen LogP contribution in [0.1, 0.15) is 51.6 Å². The molecule has 0 spiro atoms. The fourth-order valence-electron chi connectivity index (χ4n) is 2.58. The van der Waals surface area contributed by atoms with E-state index >= 15 is 0 Å². The van der Waals surface area contributed by atoms with E-state index in [1.807, 2.05) is 45.0 Å². The zero-order valence-corrected chi connectivity index (χ0v) is 13.2. The van der Waals surface area contributed by atoms with Gasteiger partial charge in [0, 0.05) is 0 Å². The highest BCUT2D eigenvalue weighted by Crippen LogP contribution is 2.19. The lowest BCUT2D eigenvalue weighted by Crippen LogP contribution is -2.47. The number of rotatable bonds is 5. The third kappa shape index (κ3) is 4.74. The maximum atomic E-state index is 12.2. The number of benzene rings is 1. The van der Waals surface area contributed by atoms with Gasteiger partial charge in [0.05, 0.1) is 18.2 Å². The fourth-order valence-corrected chi connectivity index (χ4v) is 2.58. The quantitative estimate of drug-likeness (QED) is 0.876. The highest BCUT2D eigenvalue weighted by molar-refractivity contribution is 5.82. The van der Waals surface area contributed by atoms with E-state index in [1.54, 1.807) is 0 Å². The number of carbonyl (C=O) groups excluding carboxylic acids is 1. The van der Waals surface area contributed by atoms with Crippen LogP contribution in [0, 0.1) is 0 Å². The van der Waals surface area contributed by atoms with Crippen molar-refractivity contribution in [2.75, 3.05) is 6.54 Å². The molecule has 1 aliphatic heterocycles. The summed E-state index contributed by atoms with van der Waals surface area (Å²) in [5, 5.41) is 6.36. The van der Waals surface area contributed by atoms with Crippen LogP contribution in [0.4, 0.5) is 0 Å². The average molecular weight is 290 g/mol. The molecule has 2 N–H and O–H groups in total. The third-order valence-electron chi connectivity index (χ3n) is 3.74. The van der Waals surface area contributed by atoms with Crippen LogP contribution in [0.5, 0.6) is 5.75 Å².